The van der Waals surface area contributed by atoms with Gasteiger partial charge in [0.2, 0.25) is 0 Å². The lowest BCUT2D eigenvalue weighted by Crippen LogP contribution is -1.77. The van der Waals surface area contributed by atoms with Gasteiger partial charge in [-0.3, -0.25) is 0 Å². The van der Waals surface area contributed by atoms with Gasteiger partial charge in [0.25, 0.3) is 0 Å². The van der Waals surface area contributed by atoms with Gasteiger partial charge in [-0.25, -0.2) is 0 Å². The van der Waals surface area contributed by atoms with E-state index in [1.165, 1.54) is 16.0 Å². The molecule has 0 saturated carbocycles. The summed E-state index contributed by atoms with van der Waals surface area (Å²) in [6.45, 7) is 4.19. The van der Waals surface area contributed by atoms with Gasteiger partial charge in [0.15, 0.2) is 0 Å². The van der Waals surface area contributed by atoms with Crippen molar-refractivity contribution in [3.63, 3.8) is 0 Å². The van der Waals surface area contributed by atoms with Crippen molar-refractivity contribution in [2.75, 3.05) is 6.26 Å². The van der Waals surface area contributed by atoms with Gasteiger partial charge in [-0.05, 0) is 26.2 Å². The third kappa shape index (κ3) is 2.91. The Balaban J connectivity index is 2.05. The van der Waals surface area contributed by atoms with Crippen molar-refractivity contribution in [2.45, 2.75) is 18.7 Å². The fourth-order valence-corrected chi connectivity index (χ4v) is 2.86. The highest BCUT2D eigenvalue weighted by Crippen LogP contribution is 2.37. The molecule has 0 spiro atoms. The molecule has 0 atom stereocenters. The fraction of sp³-hybridized carbons (Fsp3) is 0.158. The molecule has 0 aliphatic carbocycles. The molecule has 106 valence electrons. The standard InChI is InChI=1S/C19H18OS/c1-13-4-8-15(9-5-13)17-12-18(21-3)19(20-17)16-10-6-14(2)7-11-16/h4-12H,1-3H3. The third-order valence-electron chi connectivity index (χ3n) is 3.57. The number of furan rings is 1. The Hall–Kier alpha value is -1.93. The number of benzene rings is 2. The Morgan fingerprint density at radius 2 is 1.29 bits per heavy atom. The van der Waals surface area contributed by atoms with E-state index in [0.29, 0.717) is 0 Å². The van der Waals surface area contributed by atoms with E-state index in [4.69, 9.17) is 4.42 Å². The highest BCUT2D eigenvalue weighted by atomic mass is 32.2. The number of aryl methyl sites for hydroxylation is 2. The summed E-state index contributed by atoms with van der Waals surface area (Å²) in [6.07, 6.45) is 2.08. The molecule has 1 nitrogen and oxygen atoms in total. The first-order valence-corrected chi connectivity index (χ1v) is 8.22. The first-order valence-electron chi connectivity index (χ1n) is 6.99. The van der Waals surface area contributed by atoms with Crippen LogP contribution in [0, 0.1) is 13.8 Å². The Labute approximate surface area is 130 Å². The zero-order chi connectivity index (χ0) is 14.8. The topological polar surface area (TPSA) is 13.1 Å². The third-order valence-corrected chi connectivity index (χ3v) is 4.31. The van der Waals surface area contributed by atoms with Crippen LogP contribution in [0.25, 0.3) is 22.6 Å². The molecule has 0 unspecified atom stereocenters. The van der Waals surface area contributed by atoms with Gasteiger partial charge in [-0.1, -0.05) is 59.7 Å². The first-order chi connectivity index (χ1) is 10.2. The number of hydrogen-bond acceptors (Lipinski definition) is 2. The SMILES string of the molecule is CSc1cc(-c2ccc(C)cc2)oc1-c1ccc(C)cc1. The summed E-state index contributed by atoms with van der Waals surface area (Å²) < 4.78 is 6.14. The van der Waals surface area contributed by atoms with E-state index in [1.807, 2.05) is 0 Å². The summed E-state index contributed by atoms with van der Waals surface area (Å²) in [6, 6.07) is 19.0. The van der Waals surface area contributed by atoms with Gasteiger partial charge < -0.3 is 4.42 Å². The van der Waals surface area contributed by atoms with Crippen molar-refractivity contribution in [1.29, 1.82) is 0 Å². The Kier molecular flexibility index (Phi) is 3.89. The summed E-state index contributed by atoms with van der Waals surface area (Å²) >= 11 is 1.72. The Morgan fingerprint density at radius 1 is 0.762 bits per heavy atom. The van der Waals surface area contributed by atoms with Crippen LogP contribution < -0.4 is 0 Å². The number of hydrogen-bond donors (Lipinski definition) is 0. The monoisotopic (exact) mass is 294 g/mol. The second kappa shape index (κ2) is 5.82. The maximum atomic E-state index is 6.14. The van der Waals surface area contributed by atoms with Gasteiger partial charge in [0.1, 0.15) is 11.5 Å². The van der Waals surface area contributed by atoms with Crippen LogP contribution in [0.5, 0.6) is 0 Å². The van der Waals surface area contributed by atoms with Gasteiger partial charge in [-0.15, -0.1) is 11.8 Å². The molecule has 2 heteroatoms. The maximum absolute atomic E-state index is 6.14. The quantitative estimate of drug-likeness (QED) is 0.553. The molecular formula is C19H18OS. The summed E-state index contributed by atoms with van der Waals surface area (Å²) in [4.78, 5) is 1.18. The second-order valence-electron chi connectivity index (χ2n) is 5.24. The molecule has 1 heterocycles. The molecule has 0 aliphatic heterocycles. The van der Waals surface area contributed by atoms with Crippen molar-refractivity contribution >= 4 is 11.8 Å². The number of thioether (sulfide) groups is 1. The lowest BCUT2D eigenvalue weighted by Gasteiger charge is -2.01. The van der Waals surface area contributed by atoms with E-state index in [2.05, 4.69) is 74.7 Å². The van der Waals surface area contributed by atoms with Gasteiger partial charge in [-0.2, -0.15) is 0 Å². The highest BCUT2D eigenvalue weighted by Gasteiger charge is 2.13. The first kappa shape index (κ1) is 14.0. The van der Waals surface area contributed by atoms with Gasteiger partial charge in [0.05, 0.1) is 4.90 Å². The van der Waals surface area contributed by atoms with Crippen molar-refractivity contribution in [2.24, 2.45) is 0 Å². The molecule has 0 saturated heterocycles. The summed E-state index contributed by atoms with van der Waals surface area (Å²) in [5.41, 5.74) is 4.77. The van der Waals surface area contributed by atoms with Crippen LogP contribution in [0.4, 0.5) is 0 Å². The molecule has 0 aliphatic rings. The predicted octanol–water partition coefficient (Wildman–Crippen LogP) is 5.95. The normalized spacial score (nSPS) is 10.8. The molecule has 3 rings (SSSR count). The zero-order valence-electron chi connectivity index (χ0n) is 12.5. The minimum atomic E-state index is 0.926. The molecule has 0 amide bonds. The van der Waals surface area contributed by atoms with Crippen LogP contribution in [0.2, 0.25) is 0 Å². The minimum Gasteiger partial charge on any atom is -0.455 e. The van der Waals surface area contributed by atoms with Crippen LogP contribution in [-0.4, -0.2) is 6.26 Å². The molecule has 0 N–H and O–H groups in total. The van der Waals surface area contributed by atoms with Gasteiger partial charge >= 0.3 is 0 Å². The van der Waals surface area contributed by atoms with Gasteiger partial charge in [0, 0.05) is 11.1 Å². The summed E-state index contributed by atoms with van der Waals surface area (Å²) in [5, 5.41) is 0. The zero-order valence-corrected chi connectivity index (χ0v) is 13.3. The van der Waals surface area contributed by atoms with E-state index >= 15 is 0 Å². The summed E-state index contributed by atoms with van der Waals surface area (Å²) in [7, 11) is 0. The van der Waals surface area contributed by atoms with Crippen molar-refractivity contribution in [3.05, 3.63) is 65.7 Å². The molecule has 0 fully saturated rings. The fourth-order valence-electron chi connectivity index (χ4n) is 2.29. The lowest BCUT2D eigenvalue weighted by molar-refractivity contribution is 0.592. The maximum Gasteiger partial charge on any atom is 0.148 e. The lowest BCUT2D eigenvalue weighted by atomic mass is 10.1. The average Bonchev–Trinajstić information content (AvgIpc) is 2.93. The van der Waals surface area contributed by atoms with Crippen molar-refractivity contribution < 1.29 is 4.42 Å². The molecule has 2 aromatic carbocycles. The van der Waals surface area contributed by atoms with Crippen LogP contribution in [0.3, 0.4) is 0 Å². The molecule has 21 heavy (non-hydrogen) atoms. The molecule has 3 aromatic rings. The van der Waals surface area contributed by atoms with Crippen LogP contribution in [0.15, 0.2) is 63.9 Å². The smallest absolute Gasteiger partial charge is 0.148 e. The largest absolute Gasteiger partial charge is 0.455 e. The number of rotatable bonds is 3. The average molecular weight is 294 g/mol. The molecule has 0 bridgehead atoms. The molecule has 0 radical (unpaired) electrons. The Morgan fingerprint density at radius 3 is 1.81 bits per heavy atom. The Bertz CT molecular complexity index is 736. The van der Waals surface area contributed by atoms with Crippen LogP contribution >= 0.6 is 11.8 Å². The van der Waals surface area contributed by atoms with E-state index in [9.17, 15) is 0 Å². The van der Waals surface area contributed by atoms with Crippen LogP contribution in [0.1, 0.15) is 11.1 Å². The van der Waals surface area contributed by atoms with E-state index in [0.717, 1.165) is 22.6 Å². The minimum absolute atomic E-state index is 0.926. The summed E-state index contributed by atoms with van der Waals surface area (Å²) in [5.74, 6) is 1.88. The highest BCUT2D eigenvalue weighted by molar-refractivity contribution is 7.98. The molecular weight excluding hydrogens is 276 g/mol. The second-order valence-corrected chi connectivity index (χ2v) is 6.09. The van der Waals surface area contributed by atoms with Crippen LogP contribution in [-0.2, 0) is 0 Å². The van der Waals surface area contributed by atoms with E-state index < -0.39 is 0 Å². The van der Waals surface area contributed by atoms with E-state index in [-0.39, 0.29) is 0 Å². The predicted molar refractivity (Wildman–Crippen MR) is 90.8 cm³/mol. The van der Waals surface area contributed by atoms with Crippen molar-refractivity contribution in [3.8, 4) is 22.6 Å². The van der Waals surface area contributed by atoms with Crippen molar-refractivity contribution in [1.82, 2.24) is 0 Å². The van der Waals surface area contributed by atoms with E-state index in [1.54, 1.807) is 11.8 Å². The molecule has 1 aromatic heterocycles.